The molecule has 0 saturated heterocycles. The monoisotopic (exact) mass is 338 g/mol. The van der Waals surface area contributed by atoms with E-state index >= 15 is 0 Å². The minimum atomic E-state index is -0.230. The lowest BCUT2D eigenvalue weighted by atomic mass is 10.1. The highest BCUT2D eigenvalue weighted by Gasteiger charge is 2.12. The maximum Gasteiger partial charge on any atom is 0.262 e. The van der Waals surface area contributed by atoms with Crippen LogP contribution in [0.5, 0.6) is 0 Å². The maximum absolute atomic E-state index is 12.2. The largest absolute Gasteiger partial charge is 0.292 e. The molecule has 0 saturated carbocycles. The number of fused-ring (bicyclic) bond motifs is 1. The Morgan fingerprint density at radius 2 is 2.05 bits per heavy atom. The van der Waals surface area contributed by atoms with Crippen LogP contribution in [0.1, 0.15) is 10.4 Å². The lowest BCUT2D eigenvalue weighted by Gasteiger charge is -2.05. The van der Waals surface area contributed by atoms with Crippen molar-refractivity contribution in [2.24, 2.45) is 0 Å². The molecule has 2 aromatic heterocycles. The molecule has 0 aliphatic carbocycles. The van der Waals surface area contributed by atoms with Crippen LogP contribution in [0.3, 0.4) is 0 Å². The van der Waals surface area contributed by atoms with E-state index in [1.54, 1.807) is 23.6 Å². The first-order chi connectivity index (χ1) is 10.1. The number of ketones is 1. The lowest BCUT2D eigenvalue weighted by molar-refractivity contribution is 0.0970. The molecule has 0 spiro atoms. The van der Waals surface area contributed by atoms with E-state index in [0.717, 1.165) is 0 Å². The lowest BCUT2D eigenvalue weighted by Crippen LogP contribution is -2.24. The van der Waals surface area contributed by atoms with Crippen LogP contribution in [0.15, 0.2) is 40.8 Å². The first kappa shape index (κ1) is 14.3. The van der Waals surface area contributed by atoms with Gasteiger partial charge in [0.15, 0.2) is 5.78 Å². The van der Waals surface area contributed by atoms with Gasteiger partial charge in [-0.25, -0.2) is 4.98 Å². The summed E-state index contributed by atoms with van der Waals surface area (Å²) in [7, 11) is 0. The van der Waals surface area contributed by atoms with Crippen molar-refractivity contribution in [1.82, 2.24) is 9.55 Å². The van der Waals surface area contributed by atoms with Crippen LogP contribution in [0.4, 0.5) is 0 Å². The van der Waals surface area contributed by atoms with Gasteiger partial charge in [-0.05, 0) is 29.6 Å². The van der Waals surface area contributed by atoms with Crippen molar-refractivity contribution in [2.75, 3.05) is 0 Å². The Kier molecular flexibility index (Phi) is 3.80. The van der Waals surface area contributed by atoms with E-state index in [4.69, 9.17) is 23.2 Å². The van der Waals surface area contributed by atoms with Crippen LogP contribution in [0.2, 0.25) is 10.0 Å². The van der Waals surface area contributed by atoms with Gasteiger partial charge in [-0.1, -0.05) is 23.2 Å². The average Bonchev–Trinajstić information content (AvgIpc) is 2.94. The van der Waals surface area contributed by atoms with E-state index < -0.39 is 0 Å². The number of nitrogens with zero attached hydrogens (tertiary/aromatic N) is 2. The zero-order valence-electron chi connectivity index (χ0n) is 10.5. The molecule has 0 radical (unpaired) electrons. The van der Waals surface area contributed by atoms with Gasteiger partial charge in [-0.2, -0.15) is 0 Å². The number of rotatable bonds is 3. The first-order valence-electron chi connectivity index (χ1n) is 5.97. The maximum atomic E-state index is 12.2. The summed E-state index contributed by atoms with van der Waals surface area (Å²) < 4.78 is 1.29. The fourth-order valence-corrected chi connectivity index (χ4v) is 2.94. The van der Waals surface area contributed by atoms with Crippen LogP contribution >= 0.6 is 34.5 Å². The SMILES string of the molecule is O=C(Cn1cnc2sccc2c1=O)c1ccc(Cl)c(Cl)c1. The van der Waals surface area contributed by atoms with Crippen molar-refractivity contribution in [2.45, 2.75) is 6.54 Å². The third-order valence-electron chi connectivity index (χ3n) is 3.01. The number of benzene rings is 1. The van der Waals surface area contributed by atoms with Gasteiger partial charge in [0.2, 0.25) is 0 Å². The van der Waals surface area contributed by atoms with E-state index in [-0.39, 0.29) is 17.9 Å². The van der Waals surface area contributed by atoms with E-state index in [0.29, 0.717) is 25.8 Å². The highest BCUT2D eigenvalue weighted by atomic mass is 35.5. The van der Waals surface area contributed by atoms with Crippen LogP contribution in [-0.2, 0) is 6.54 Å². The molecule has 0 bridgehead atoms. The smallest absolute Gasteiger partial charge is 0.262 e. The highest BCUT2D eigenvalue weighted by Crippen LogP contribution is 2.23. The molecular formula is C14H8Cl2N2O2S. The molecule has 0 aliphatic rings. The second kappa shape index (κ2) is 5.60. The molecule has 0 aliphatic heterocycles. The van der Waals surface area contributed by atoms with Crippen molar-refractivity contribution in [3.8, 4) is 0 Å². The summed E-state index contributed by atoms with van der Waals surface area (Å²) in [5.74, 6) is -0.230. The number of thiophene rings is 1. The Labute approximate surface area is 133 Å². The summed E-state index contributed by atoms with van der Waals surface area (Å²) in [6.07, 6.45) is 1.39. The number of hydrogen-bond donors (Lipinski definition) is 0. The summed E-state index contributed by atoms with van der Waals surface area (Å²) in [5, 5.41) is 3.00. The van der Waals surface area contributed by atoms with Crippen molar-refractivity contribution >= 4 is 50.5 Å². The zero-order chi connectivity index (χ0) is 15.0. The number of carbonyl (C=O) groups is 1. The van der Waals surface area contributed by atoms with Gasteiger partial charge in [-0.3, -0.25) is 14.2 Å². The van der Waals surface area contributed by atoms with Crippen LogP contribution in [0, 0.1) is 0 Å². The molecule has 3 rings (SSSR count). The quantitative estimate of drug-likeness (QED) is 0.685. The van der Waals surface area contributed by atoms with Gasteiger partial charge >= 0.3 is 0 Å². The second-order valence-electron chi connectivity index (χ2n) is 4.37. The Bertz CT molecular complexity index is 901. The third kappa shape index (κ3) is 2.72. The number of hydrogen-bond acceptors (Lipinski definition) is 4. The van der Waals surface area contributed by atoms with Crippen LogP contribution in [0.25, 0.3) is 10.2 Å². The Morgan fingerprint density at radius 3 is 2.81 bits per heavy atom. The predicted molar refractivity (Wildman–Crippen MR) is 84.7 cm³/mol. The molecule has 1 aromatic carbocycles. The molecule has 0 atom stereocenters. The van der Waals surface area contributed by atoms with E-state index in [1.807, 2.05) is 0 Å². The summed E-state index contributed by atoms with van der Waals surface area (Å²) in [6, 6.07) is 6.33. The van der Waals surface area contributed by atoms with Gasteiger partial charge < -0.3 is 0 Å². The van der Waals surface area contributed by atoms with Crippen molar-refractivity contribution in [3.05, 3.63) is 61.9 Å². The number of aromatic nitrogens is 2. The van der Waals surface area contributed by atoms with Gasteiger partial charge in [-0.15, -0.1) is 11.3 Å². The van der Waals surface area contributed by atoms with Gasteiger partial charge in [0.1, 0.15) is 4.83 Å². The summed E-state index contributed by atoms with van der Waals surface area (Å²) in [4.78, 5) is 29.3. The molecule has 7 heteroatoms. The Balaban J connectivity index is 1.94. The van der Waals surface area contributed by atoms with E-state index in [9.17, 15) is 9.59 Å². The molecule has 0 unspecified atom stereocenters. The average molecular weight is 339 g/mol. The van der Waals surface area contributed by atoms with Gasteiger partial charge in [0, 0.05) is 5.56 Å². The van der Waals surface area contributed by atoms with Crippen molar-refractivity contribution in [1.29, 1.82) is 0 Å². The second-order valence-corrected chi connectivity index (χ2v) is 6.08. The first-order valence-corrected chi connectivity index (χ1v) is 7.61. The van der Waals surface area contributed by atoms with Crippen LogP contribution < -0.4 is 5.56 Å². The minimum Gasteiger partial charge on any atom is -0.292 e. The molecule has 0 amide bonds. The Morgan fingerprint density at radius 1 is 1.24 bits per heavy atom. The molecule has 0 fully saturated rings. The zero-order valence-corrected chi connectivity index (χ0v) is 12.9. The summed E-state index contributed by atoms with van der Waals surface area (Å²) in [5.41, 5.74) is 0.177. The predicted octanol–water partition coefficient (Wildman–Crippen LogP) is 3.65. The van der Waals surface area contributed by atoms with Gasteiger partial charge in [0.25, 0.3) is 5.56 Å². The molecule has 106 valence electrons. The number of Topliss-reactive ketones (excluding diaryl/α,β-unsaturated/α-hetero) is 1. The molecule has 4 nitrogen and oxygen atoms in total. The van der Waals surface area contributed by atoms with Gasteiger partial charge in [0.05, 0.1) is 28.3 Å². The van der Waals surface area contributed by atoms with Crippen molar-refractivity contribution in [3.63, 3.8) is 0 Å². The van der Waals surface area contributed by atoms with Crippen LogP contribution in [-0.4, -0.2) is 15.3 Å². The molecule has 0 N–H and O–H groups in total. The molecular weight excluding hydrogens is 331 g/mol. The highest BCUT2D eigenvalue weighted by molar-refractivity contribution is 7.16. The summed E-state index contributed by atoms with van der Waals surface area (Å²) in [6.45, 7) is -0.0877. The minimum absolute atomic E-state index is 0.0877. The molecule has 21 heavy (non-hydrogen) atoms. The third-order valence-corrected chi connectivity index (χ3v) is 4.57. The molecule has 3 aromatic rings. The number of halogens is 2. The topological polar surface area (TPSA) is 52.0 Å². The fourth-order valence-electron chi connectivity index (χ4n) is 1.92. The van der Waals surface area contributed by atoms with E-state index in [1.165, 1.54) is 28.3 Å². The van der Waals surface area contributed by atoms with E-state index in [2.05, 4.69) is 4.98 Å². The standard InChI is InChI=1S/C14H8Cl2N2O2S/c15-10-2-1-8(5-11(10)16)12(19)6-18-7-17-13-9(14(18)20)3-4-21-13/h1-5,7H,6H2. The normalized spacial score (nSPS) is 11.0. The fraction of sp³-hybridized carbons (Fsp3) is 0.0714. The summed E-state index contributed by atoms with van der Waals surface area (Å²) >= 11 is 13.1. The number of carbonyl (C=O) groups excluding carboxylic acids is 1. The molecule has 2 heterocycles. The van der Waals surface area contributed by atoms with Crippen molar-refractivity contribution < 1.29 is 4.79 Å². The Hall–Kier alpha value is -1.69.